The molecule has 22 heavy (non-hydrogen) atoms. The summed E-state index contributed by atoms with van der Waals surface area (Å²) in [6.07, 6.45) is 0.215. The Bertz CT molecular complexity index is 678. The van der Waals surface area contributed by atoms with Crippen LogP contribution in [0.2, 0.25) is 0 Å². The van der Waals surface area contributed by atoms with Crippen LogP contribution in [-0.4, -0.2) is 44.4 Å². The number of hydrogen-bond acceptors (Lipinski definition) is 6. The van der Waals surface area contributed by atoms with Crippen molar-refractivity contribution >= 4 is 5.91 Å². The van der Waals surface area contributed by atoms with Gasteiger partial charge in [-0.2, -0.15) is 0 Å². The summed E-state index contributed by atoms with van der Waals surface area (Å²) in [5.41, 5.74) is 0.777. The highest BCUT2D eigenvalue weighted by molar-refractivity contribution is 5.78. The highest BCUT2D eigenvalue weighted by Gasteiger charge is 2.29. The molecule has 1 aliphatic heterocycles. The van der Waals surface area contributed by atoms with Crippen LogP contribution >= 0.6 is 0 Å². The van der Waals surface area contributed by atoms with Crippen molar-refractivity contribution in [2.45, 2.75) is 39.5 Å². The lowest BCUT2D eigenvalue weighted by atomic mass is 10.2. The van der Waals surface area contributed by atoms with Crippen molar-refractivity contribution in [1.29, 1.82) is 0 Å². The van der Waals surface area contributed by atoms with E-state index in [0.717, 1.165) is 17.3 Å². The molecule has 1 atom stereocenters. The standard InChI is InChI=1S/C14H19N5O3/c1-9-4-11(22-17-9)5-14(20)18-6-10(2)19-12(7-18)15-16-13(19)8-21-3/h4,10H,5-8H2,1-3H3/t10-/m0/s1. The summed E-state index contributed by atoms with van der Waals surface area (Å²) in [6, 6.07) is 1.90. The zero-order chi connectivity index (χ0) is 15.7. The molecule has 118 valence electrons. The number of methoxy groups -OCH3 is 1. The van der Waals surface area contributed by atoms with Gasteiger partial charge in [-0.15, -0.1) is 10.2 Å². The molecule has 0 unspecified atom stereocenters. The van der Waals surface area contributed by atoms with Crippen LogP contribution in [0.3, 0.4) is 0 Å². The van der Waals surface area contributed by atoms with E-state index in [0.29, 0.717) is 25.5 Å². The van der Waals surface area contributed by atoms with Gasteiger partial charge >= 0.3 is 0 Å². The van der Waals surface area contributed by atoms with Crippen LogP contribution in [0.25, 0.3) is 0 Å². The number of carbonyl (C=O) groups excluding carboxylic acids is 1. The zero-order valence-electron chi connectivity index (χ0n) is 12.9. The van der Waals surface area contributed by atoms with E-state index in [1.54, 1.807) is 18.1 Å². The Morgan fingerprint density at radius 1 is 1.50 bits per heavy atom. The van der Waals surface area contributed by atoms with E-state index in [1.165, 1.54) is 0 Å². The number of ether oxygens (including phenoxy) is 1. The predicted molar refractivity (Wildman–Crippen MR) is 75.8 cm³/mol. The molecule has 0 fully saturated rings. The van der Waals surface area contributed by atoms with Gasteiger partial charge in [0.25, 0.3) is 0 Å². The maximum absolute atomic E-state index is 12.4. The molecule has 0 aliphatic carbocycles. The van der Waals surface area contributed by atoms with Gasteiger partial charge in [0.05, 0.1) is 24.7 Å². The van der Waals surface area contributed by atoms with Gasteiger partial charge in [0.2, 0.25) is 5.91 Å². The van der Waals surface area contributed by atoms with Crippen molar-refractivity contribution in [3.8, 4) is 0 Å². The van der Waals surface area contributed by atoms with Crippen LogP contribution < -0.4 is 0 Å². The molecule has 0 radical (unpaired) electrons. The Hall–Kier alpha value is -2.22. The first-order valence-corrected chi connectivity index (χ1v) is 7.20. The zero-order valence-corrected chi connectivity index (χ0v) is 12.9. The van der Waals surface area contributed by atoms with Crippen molar-refractivity contribution in [2.75, 3.05) is 13.7 Å². The lowest BCUT2D eigenvalue weighted by Crippen LogP contribution is -2.41. The quantitative estimate of drug-likeness (QED) is 0.833. The summed E-state index contributed by atoms with van der Waals surface area (Å²) in [4.78, 5) is 14.2. The average molecular weight is 305 g/mol. The Labute approximate surface area is 128 Å². The second kappa shape index (κ2) is 5.88. The first kappa shape index (κ1) is 14.7. The van der Waals surface area contributed by atoms with Gasteiger partial charge in [0, 0.05) is 19.7 Å². The first-order chi connectivity index (χ1) is 10.6. The molecule has 8 heteroatoms. The molecule has 2 aromatic rings. The monoisotopic (exact) mass is 305 g/mol. The van der Waals surface area contributed by atoms with Gasteiger partial charge < -0.3 is 18.7 Å². The van der Waals surface area contributed by atoms with E-state index in [-0.39, 0.29) is 18.4 Å². The van der Waals surface area contributed by atoms with E-state index in [4.69, 9.17) is 9.26 Å². The van der Waals surface area contributed by atoms with Crippen molar-refractivity contribution in [3.05, 3.63) is 29.2 Å². The molecule has 1 aliphatic rings. The third-order valence-electron chi connectivity index (χ3n) is 3.72. The number of amides is 1. The smallest absolute Gasteiger partial charge is 0.230 e. The van der Waals surface area contributed by atoms with Crippen molar-refractivity contribution in [3.63, 3.8) is 0 Å². The Morgan fingerprint density at radius 3 is 3.00 bits per heavy atom. The number of hydrogen-bond donors (Lipinski definition) is 0. The summed E-state index contributed by atoms with van der Waals surface area (Å²) in [5.74, 6) is 2.17. The number of fused-ring (bicyclic) bond motifs is 1. The maximum atomic E-state index is 12.4. The Balaban J connectivity index is 1.73. The minimum atomic E-state index is 0.00513. The molecule has 0 aromatic carbocycles. The van der Waals surface area contributed by atoms with Gasteiger partial charge in [-0.3, -0.25) is 4.79 Å². The molecular weight excluding hydrogens is 286 g/mol. The topological polar surface area (TPSA) is 86.3 Å². The van der Waals surface area contributed by atoms with E-state index in [2.05, 4.69) is 15.4 Å². The predicted octanol–water partition coefficient (Wildman–Crippen LogP) is 0.867. The number of nitrogens with zero attached hydrogens (tertiary/aromatic N) is 5. The van der Waals surface area contributed by atoms with Crippen LogP contribution in [0, 0.1) is 6.92 Å². The molecular formula is C14H19N5O3. The van der Waals surface area contributed by atoms with Crippen LogP contribution in [0.4, 0.5) is 0 Å². The number of rotatable bonds is 4. The van der Waals surface area contributed by atoms with Crippen molar-refractivity contribution in [1.82, 2.24) is 24.8 Å². The summed E-state index contributed by atoms with van der Waals surface area (Å²) in [6.45, 7) is 5.37. The third-order valence-corrected chi connectivity index (χ3v) is 3.72. The minimum absolute atomic E-state index is 0.00513. The molecule has 3 heterocycles. The highest BCUT2D eigenvalue weighted by atomic mass is 16.5. The summed E-state index contributed by atoms with van der Waals surface area (Å²) >= 11 is 0. The Morgan fingerprint density at radius 2 is 2.32 bits per heavy atom. The van der Waals surface area contributed by atoms with Gasteiger partial charge in [-0.25, -0.2) is 0 Å². The normalized spacial score (nSPS) is 17.6. The molecule has 3 rings (SSSR count). The number of aromatic nitrogens is 4. The summed E-state index contributed by atoms with van der Waals surface area (Å²) in [5, 5.41) is 12.1. The van der Waals surface area contributed by atoms with Gasteiger partial charge in [-0.05, 0) is 13.8 Å². The van der Waals surface area contributed by atoms with Crippen LogP contribution in [0.1, 0.15) is 36.1 Å². The Kier molecular flexibility index (Phi) is 3.93. The highest BCUT2D eigenvalue weighted by Crippen LogP contribution is 2.22. The van der Waals surface area contributed by atoms with Gasteiger partial charge in [-0.1, -0.05) is 5.16 Å². The average Bonchev–Trinajstić information content (AvgIpc) is 3.06. The van der Waals surface area contributed by atoms with E-state index < -0.39 is 0 Å². The first-order valence-electron chi connectivity index (χ1n) is 7.20. The third kappa shape index (κ3) is 2.74. The molecule has 0 spiro atoms. The van der Waals surface area contributed by atoms with Crippen molar-refractivity contribution in [2.24, 2.45) is 0 Å². The van der Waals surface area contributed by atoms with E-state index in [1.807, 2.05) is 18.4 Å². The van der Waals surface area contributed by atoms with Crippen LogP contribution in [-0.2, 0) is 29.1 Å². The fourth-order valence-electron chi connectivity index (χ4n) is 2.79. The lowest BCUT2D eigenvalue weighted by molar-refractivity contribution is -0.132. The molecule has 1 amide bonds. The maximum Gasteiger partial charge on any atom is 0.230 e. The fraction of sp³-hybridized carbons (Fsp3) is 0.571. The van der Waals surface area contributed by atoms with Gasteiger partial charge in [0.1, 0.15) is 12.4 Å². The van der Waals surface area contributed by atoms with Crippen LogP contribution in [0.5, 0.6) is 0 Å². The van der Waals surface area contributed by atoms with E-state index in [9.17, 15) is 4.79 Å². The number of carbonyl (C=O) groups is 1. The molecule has 0 saturated carbocycles. The van der Waals surface area contributed by atoms with Crippen LogP contribution in [0.15, 0.2) is 10.6 Å². The second-order valence-electron chi connectivity index (χ2n) is 5.57. The SMILES string of the molecule is COCc1nnc2n1[C@@H](C)CN(C(=O)Cc1cc(C)no1)C2. The lowest BCUT2D eigenvalue weighted by Gasteiger charge is -2.32. The summed E-state index contributed by atoms with van der Waals surface area (Å²) < 4.78 is 12.3. The molecule has 2 aromatic heterocycles. The van der Waals surface area contributed by atoms with Crippen molar-refractivity contribution < 1.29 is 14.1 Å². The number of aryl methyl sites for hydroxylation is 1. The van der Waals surface area contributed by atoms with E-state index >= 15 is 0 Å². The largest absolute Gasteiger partial charge is 0.377 e. The minimum Gasteiger partial charge on any atom is -0.377 e. The molecule has 8 nitrogen and oxygen atoms in total. The fourth-order valence-corrected chi connectivity index (χ4v) is 2.79. The molecule has 0 N–H and O–H groups in total. The molecule has 0 bridgehead atoms. The second-order valence-corrected chi connectivity index (χ2v) is 5.57. The molecule has 0 saturated heterocycles. The van der Waals surface area contributed by atoms with Gasteiger partial charge in [0.15, 0.2) is 11.6 Å². The summed E-state index contributed by atoms with van der Waals surface area (Å²) in [7, 11) is 1.63.